The van der Waals surface area contributed by atoms with E-state index in [4.69, 9.17) is 16.7 Å². The van der Waals surface area contributed by atoms with E-state index in [-0.39, 0.29) is 5.69 Å². The molecule has 0 amide bonds. The van der Waals surface area contributed by atoms with Crippen LogP contribution in [0.2, 0.25) is 0 Å². The average Bonchev–Trinajstić information content (AvgIpc) is 2.51. The second-order valence-corrected chi connectivity index (χ2v) is 4.29. The Bertz CT molecular complexity index is 321. The van der Waals surface area contributed by atoms with Crippen LogP contribution in [0.4, 0.5) is 8.78 Å². The molecular weight excluding hydrogens is 216 g/mol. The molecule has 1 rings (SSSR count). The molecule has 0 atom stereocenters. The minimum atomic E-state index is -3.44. The number of alkyl halides is 3. The molecule has 0 aliphatic rings. The molecule has 1 aromatic rings. The van der Waals surface area contributed by atoms with Gasteiger partial charge in [-0.2, -0.15) is 13.5 Å². The number of aliphatic hydroxyl groups is 1. The zero-order valence-electron chi connectivity index (χ0n) is 7.71. The Kier molecular flexibility index (Phi) is 2.78. The fourth-order valence-electron chi connectivity index (χ4n) is 0.769. The molecule has 1 aromatic heterocycles. The smallest absolute Gasteiger partial charge is 0.367 e. The lowest BCUT2D eigenvalue weighted by Crippen LogP contribution is -2.27. The van der Waals surface area contributed by atoms with Crippen molar-refractivity contribution in [1.29, 1.82) is 0 Å². The Labute approximate surface area is 84.5 Å². The minimum absolute atomic E-state index is 0.229. The van der Waals surface area contributed by atoms with Gasteiger partial charge in [-0.3, -0.25) is 0 Å². The number of hydrogen-bond donors (Lipinski definition) is 1. The lowest BCUT2D eigenvalue weighted by Gasteiger charge is -2.13. The van der Waals surface area contributed by atoms with Crippen LogP contribution in [0, 0.1) is 0 Å². The van der Waals surface area contributed by atoms with Gasteiger partial charge in [-0.15, -0.1) is 16.7 Å². The SMILES string of the molecule is CC(C)(Cl)c1cn(C(F)(F)CO)nn1. The fourth-order valence-corrected chi connectivity index (χ4v) is 0.855. The molecule has 0 aromatic carbocycles. The Balaban J connectivity index is 3.00. The van der Waals surface area contributed by atoms with Gasteiger partial charge >= 0.3 is 6.05 Å². The highest BCUT2D eigenvalue weighted by atomic mass is 35.5. The molecule has 0 fully saturated rings. The second kappa shape index (κ2) is 3.43. The summed E-state index contributed by atoms with van der Waals surface area (Å²) < 4.78 is 26.0. The van der Waals surface area contributed by atoms with E-state index < -0.39 is 17.5 Å². The van der Waals surface area contributed by atoms with Crippen LogP contribution in [0.5, 0.6) is 0 Å². The molecule has 0 radical (unpaired) electrons. The molecular formula is C7H10ClF2N3O. The quantitative estimate of drug-likeness (QED) is 0.789. The predicted octanol–water partition coefficient (Wildman–Crippen LogP) is 1.29. The standard InChI is InChI=1S/C7H10ClF2N3O/c1-6(2,8)5-3-13(12-11-5)7(9,10)4-14/h3,14H,4H2,1-2H3. The summed E-state index contributed by atoms with van der Waals surface area (Å²) in [5, 5.41) is 15.1. The average molecular weight is 226 g/mol. The first kappa shape index (κ1) is 11.3. The van der Waals surface area contributed by atoms with E-state index in [1.807, 2.05) is 0 Å². The summed E-state index contributed by atoms with van der Waals surface area (Å²) in [6, 6.07) is -3.44. The van der Waals surface area contributed by atoms with Gasteiger partial charge in [0.15, 0.2) is 0 Å². The monoisotopic (exact) mass is 225 g/mol. The summed E-state index contributed by atoms with van der Waals surface area (Å²) in [5.41, 5.74) is 0.229. The van der Waals surface area contributed by atoms with E-state index in [0.717, 1.165) is 6.20 Å². The first-order valence-electron chi connectivity index (χ1n) is 3.88. The van der Waals surface area contributed by atoms with Crippen molar-refractivity contribution in [3.8, 4) is 0 Å². The topological polar surface area (TPSA) is 50.9 Å². The van der Waals surface area contributed by atoms with Crippen molar-refractivity contribution in [1.82, 2.24) is 15.0 Å². The molecule has 80 valence electrons. The Morgan fingerprint density at radius 2 is 2.14 bits per heavy atom. The first-order chi connectivity index (χ1) is 6.27. The Morgan fingerprint density at radius 1 is 1.57 bits per heavy atom. The van der Waals surface area contributed by atoms with Gasteiger partial charge in [0, 0.05) is 0 Å². The number of halogens is 3. The first-order valence-corrected chi connectivity index (χ1v) is 4.26. The third kappa shape index (κ3) is 2.19. The van der Waals surface area contributed by atoms with E-state index in [1.165, 1.54) is 0 Å². The van der Waals surface area contributed by atoms with Crippen molar-refractivity contribution in [3.05, 3.63) is 11.9 Å². The number of nitrogens with zero attached hydrogens (tertiary/aromatic N) is 3. The summed E-state index contributed by atoms with van der Waals surface area (Å²) in [4.78, 5) is -0.857. The summed E-state index contributed by atoms with van der Waals surface area (Å²) in [6.45, 7) is 1.90. The number of aliphatic hydroxyl groups excluding tert-OH is 1. The van der Waals surface area contributed by atoms with Crippen LogP contribution < -0.4 is 0 Å². The maximum Gasteiger partial charge on any atom is 0.367 e. The van der Waals surface area contributed by atoms with E-state index in [2.05, 4.69) is 10.3 Å². The van der Waals surface area contributed by atoms with Crippen LogP contribution in [0.15, 0.2) is 6.20 Å². The second-order valence-electron chi connectivity index (χ2n) is 3.34. The predicted molar refractivity (Wildman–Crippen MR) is 46.2 cm³/mol. The van der Waals surface area contributed by atoms with Crippen molar-refractivity contribution >= 4 is 11.6 Å². The molecule has 4 nitrogen and oxygen atoms in total. The molecule has 0 saturated carbocycles. The zero-order chi connectivity index (χ0) is 11.0. The van der Waals surface area contributed by atoms with Crippen LogP contribution in [0.3, 0.4) is 0 Å². The third-order valence-corrected chi connectivity index (χ3v) is 1.82. The number of rotatable bonds is 3. The molecule has 0 saturated heterocycles. The van der Waals surface area contributed by atoms with Gasteiger partial charge in [0.25, 0.3) is 0 Å². The van der Waals surface area contributed by atoms with E-state index in [0.29, 0.717) is 4.68 Å². The van der Waals surface area contributed by atoms with Crippen LogP contribution >= 0.6 is 11.6 Å². The van der Waals surface area contributed by atoms with Gasteiger partial charge in [0.1, 0.15) is 12.3 Å². The van der Waals surface area contributed by atoms with Crippen LogP contribution in [-0.2, 0) is 10.9 Å². The molecule has 0 unspecified atom stereocenters. The van der Waals surface area contributed by atoms with Gasteiger partial charge in [0.2, 0.25) is 0 Å². The van der Waals surface area contributed by atoms with Gasteiger partial charge in [-0.1, -0.05) is 5.21 Å². The highest BCUT2D eigenvalue weighted by Gasteiger charge is 2.33. The maximum absolute atomic E-state index is 12.9. The normalized spacial score (nSPS) is 13.3. The van der Waals surface area contributed by atoms with Gasteiger partial charge < -0.3 is 5.11 Å². The fraction of sp³-hybridized carbons (Fsp3) is 0.714. The van der Waals surface area contributed by atoms with Crippen molar-refractivity contribution in [2.24, 2.45) is 0 Å². The van der Waals surface area contributed by atoms with E-state index in [1.54, 1.807) is 13.8 Å². The van der Waals surface area contributed by atoms with Crippen LogP contribution in [0.25, 0.3) is 0 Å². The third-order valence-electron chi connectivity index (χ3n) is 1.63. The van der Waals surface area contributed by atoms with Gasteiger partial charge in [-0.25, -0.2) is 0 Å². The van der Waals surface area contributed by atoms with Crippen LogP contribution in [0.1, 0.15) is 19.5 Å². The summed E-state index contributed by atoms with van der Waals surface area (Å²) in [5.74, 6) is 0. The lowest BCUT2D eigenvalue weighted by molar-refractivity contribution is -0.131. The Hall–Kier alpha value is -0.750. The summed E-state index contributed by atoms with van der Waals surface area (Å²) >= 11 is 5.84. The van der Waals surface area contributed by atoms with E-state index in [9.17, 15) is 8.78 Å². The van der Waals surface area contributed by atoms with E-state index >= 15 is 0 Å². The maximum atomic E-state index is 12.9. The molecule has 1 heterocycles. The molecule has 7 heteroatoms. The molecule has 0 aliphatic heterocycles. The van der Waals surface area contributed by atoms with Gasteiger partial charge in [0.05, 0.1) is 11.1 Å². The number of hydrogen-bond acceptors (Lipinski definition) is 3. The largest absolute Gasteiger partial charge is 0.388 e. The minimum Gasteiger partial charge on any atom is -0.388 e. The van der Waals surface area contributed by atoms with Crippen molar-refractivity contribution < 1.29 is 13.9 Å². The summed E-state index contributed by atoms with van der Waals surface area (Å²) in [6.07, 6.45) is 1.02. The zero-order valence-corrected chi connectivity index (χ0v) is 8.46. The highest BCUT2D eigenvalue weighted by molar-refractivity contribution is 6.23. The Morgan fingerprint density at radius 3 is 2.50 bits per heavy atom. The molecule has 1 N–H and O–H groups in total. The molecule has 14 heavy (non-hydrogen) atoms. The van der Waals surface area contributed by atoms with Crippen molar-refractivity contribution in [2.75, 3.05) is 6.61 Å². The van der Waals surface area contributed by atoms with Crippen LogP contribution in [-0.4, -0.2) is 26.7 Å². The molecule has 0 spiro atoms. The summed E-state index contributed by atoms with van der Waals surface area (Å²) in [7, 11) is 0. The van der Waals surface area contributed by atoms with Crippen molar-refractivity contribution in [3.63, 3.8) is 0 Å². The van der Waals surface area contributed by atoms with Crippen molar-refractivity contribution in [2.45, 2.75) is 24.8 Å². The molecule has 0 bridgehead atoms. The lowest BCUT2D eigenvalue weighted by atomic mass is 10.1. The highest BCUT2D eigenvalue weighted by Crippen LogP contribution is 2.27. The molecule has 0 aliphatic carbocycles. The van der Waals surface area contributed by atoms with Gasteiger partial charge in [-0.05, 0) is 13.8 Å². The number of aromatic nitrogens is 3.